The largest absolute Gasteiger partial charge is 0.465 e. The first-order valence-corrected chi connectivity index (χ1v) is 9.06. The Morgan fingerprint density at radius 2 is 1.30 bits per heavy atom. The maximum absolute atomic E-state index is 6.81. The average molecular weight is 353 g/mol. The topological polar surface area (TPSA) is 34.4 Å². The van der Waals surface area contributed by atoms with Crippen LogP contribution in [0, 0.1) is 0 Å². The van der Waals surface area contributed by atoms with Crippen molar-refractivity contribution in [3.63, 3.8) is 0 Å². The number of fused-ring (bicyclic) bond motifs is 1. The molecule has 1 N–H and O–H groups in total. The number of anilines is 1. The first-order chi connectivity index (χ1) is 13.4. The summed E-state index contributed by atoms with van der Waals surface area (Å²) in [5, 5.41) is 3.48. The zero-order valence-electron chi connectivity index (χ0n) is 14.7. The van der Waals surface area contributed by atoms with Gasteiger partial charge in [0.05, 0.1) is 6.26 Å². The van der Waals surface area contributed by atoms with Crippen LogP contribution in [0.15, 0.2) is 108 Å². The summed E-state index contributed by atoms with van der Waals surface area (Å²) in [6.07, 6.45) is 1.28. The molecule has 0 fully saturated rings. The number of furan rings is 1. The fourth-order valence-corrected chi connectivity index (χ4v) is 3.86. The molecule has 1 aliphatic rings. The van der Waals surface area contributed by atoms with Crippen molar-refractivity contribution in [1.29, 1.82) is 0 Å². The molecule has 3 aromatic carbocycles. The third-order valence-electron chi connectivity index (χ3n) is 5.05. The molecule has 4 aromatic rings. The van der Waals surface area contributed by atoms with Gasteiger partial charge in [-0.05, 0) is 29.3 Å². The number of rotatable bonds is 3. The lowest BCUT2D eigenvalue weighted by atomic mass is 9.78. The molecule has 1 aromatic heterocycles. The molecule has 0 saturated heterocycles. The van der Waals surface area contributed by atoms with Crippen LogP contribution in [-0.4, -0.2) is 0 Å². The normalized spacial score (nSPS) is 17.7. The van der Waals surface area contributed by atoms with Gasteiger partial charge in [-0.3, -0.25) is 0 Å². The van der Waals surface area contributed by atoms with Crippen LogP contribution < -0.4 is 5.32 Å². The Balaban J connectivity index is 1.80. The number of para-hydroxylation sites is 1. The molecule has 0 spiro atoms. The van der Waals surface area contributed by atoms with E-state index in [1.54, 1.807) is 6.26 Å². The second-order valence-corrected chi connectivity index (χ2v) is 6.62. The molecule has 0 saturated carbocycles. The summed E-state index contributed by atoms with van der Waals surface area (Å²) in [5.41, 5.74) is 3.56. The Labute approximate surface area is 158 Å². The predicted octanol–water partition coefficient (Wildman–Crippen LogP) is 5.71. The van der Waals surface area contributed by atoms with E-state index in [4.69, 9.17) is 9.15 Å². The van der Waals surface area contributed by atoms with Gasteiger partial charge in [0, 0.05) is 11.3 Å². The van der Waals surface area contributed by atoms with E-state index in [0.29, 0.717) is 0 Å². The second-order valence-electron chi connectivity index (χ2n) is 6.62. The van der Waals surface area contributed by atoms with Gasteiger partial charge < -0.3 is 14.5 Å². The fraction of sp³-hybridized carbons (Fsp3) is 0.0833. The van der Waals surface area contributed by atoms with Crippen LogP contribution in [0.4, 0.5) is 5.69 Å². The van der Waals surface area contributed by atoms with Gasteiger partial charge in [-0.15, -0.1) is 0 Å². The van der Waals surface area contributed by atoms with Gasteiger partial charge in [0.25, 0.3) is 0 Å². The molecule has 3 nitrogen and oxygen atoms in total. The van der Waals surface area contributed by atoms with E-state index in [2.05, 4.69) is 72.0 Å². The van der Waals surface area contributed by atoms with Crippen LogP contribution >= 0.6 is 0 Å². The molecule has 27 heavy (non-hydrogen) atoms. The maximum Gasteiger partial charge on any atom is 0.188 e. The molecule has 2 heterocycles. The molecule has 0 bridgehead atoms. The number of nitrogens with one attached hydrogen (secondary N) is 1. The summed E-state index contributed by atoms with van der Waals surface area (Å²) < 4.78 is 12.5. The highest BCUT2D eigenvalue weighted by atomic mass is 16.5. The minimum absolute atomic E-state index is 0.393. The molecule has 1 aliphatic heterocycles. The summed E-state index contributed by atoms with van der Waals surface area (Å²) >= 11 is 0. The van der Waals surface area contributed by atoms with Crippen molar-refractivity contribution in [2.45, 2.75) is 11.8 Å². The summed E-state index contributed by atoms with van der Waals surface area (Å²) in [6.45, 7) is 0. The molecule has 132 valence electrons. The van der Waals surface area contributed by atoms with Crippen LogP contribution in [0.5, 0.6) is 0 Å². The van der Waals surface area contributed by atoms with Crippen molar-refractivity contribution < 1.29 is 9.15 Å². The van der Waals surface area contributed by atoms with Crippen LogP contribution in [0.3, 0.4) is 0 Å². The number of hydrogen-bond acceptors (Lipinski definition) is 3. The second kappa shape index (κ2) is 6.45. The van der Waals surface area contributed by atoms with E-state index in [9.17, 15) is 0 Å². The van der Waals surface area contributed by atoms with E-state index in [-0.39, 0.29) is 0 Å². The highest BCUT2D eigenvalue weighted by Gasteiger charge is 2.45. The van der Waals surface area contributed by atoms with Crippen LogP contribution in [0.25, 0.3) is 0 Å². The summed E-state index contributed by atoms with van der Waals surface area (Å²) in [6, 6.07) is 32.9. The molecule has 0 amide bonds. The number of hydrogen-bond donors (Lipinski definition) is 1. The monoisotopic (exact) mass is 353 g/mol. The van der Waals surface area contributed by atoms with Crippen molar-refractivity contribution in [1.82, 2.24) is 0 Å². The Kier molecular flexibility index (Phi) is 3.80. The lowest BCUT2D eigenvalue weighted by Crippen LogP contribution is -2.40. The van der Waals surface area contributed by atoms with E-state index >= 15 is 0 Å². The van der Waals surface area contributed by atoms with E-state index in [1.165, 1.54) is 0 Å². The van der Waals surface area contributed by atoms with Crippen LogP contribution in [-0.2, 0) is 10.3 Å². The first kappa shape index (κ1) is 15.9. The van der Waals surface area contributed by atoms with Gasteiger partial charge in [-0.1, -0.05) is 78.9 Å². The minimum atomic E-state index is -0.734. The van der Waals surface area contributed by atoms with Crippen molar-refractivity contribution in [2.75, 3.05) is 5.32 Å². The lowest BCUT2D eigenvalue weighted by Gasteiger charge is -2.43. The van der Waals surface area contributed by atoms with E-state index in [0.717, 1.165) is 28.1 Å². The number of ether oxygens (including phenoxy) is 1. The molecular formula is C24H19NO2. The third-order valence-corrected chi connectivity index (χ3v) is 5.05. The van der Waals surface area contributed by atoms with E-state index < -0.39 is 11.8 Å². The van der Waals surface area contributed by atoms with E-state index in [1.807, 2.05) is 30.3 Å². The summed E-state index contributed by atoms with van der Waals surface area (Å²) in [7, 11) is 0. The molecule has 0 radical (unpaired) electrons. The van der Waals surface area contributed by atoms with Gasteiger partial charge in [0.2, 0.25) is 0 Å². The van der Waals surface area contributed by atoms with Crippen molar-refractivity contribution in [2.24, 2.45) is 0 Å². The smallest absolute Gasteiger partial charge is 0.188 e. The SMILES string of the molecule is c1ccc(C2(c3ccccc3)O[C@H](c3ccco3)Nc3ccccc32)cc1. The maximum atomic E-state index is 6.81. The fourth-order valence-electron chi connectivity index (χ4n) is 3.86. The highest BCUT2D eigenvalue weighted by molar-refractivity contribution is 5.63. The van der Waals surface area contributed by atoms with Gasteiger partial charge >= 0.3 is 0 Å². The molecule has 0 aliphatic carbocycles. The Morgan fingerprint density at radius 1 is 0.667 bits per heavy atom. The number of benzene rings is 3. The van der Waals surface area contributed by atoms with Crippen molar-refractivity contribution >= 4 is 5.69 Å². The highest BCUT2D eigenvalue weighted by Crippen LogP contribution is 2.49. The minimum Gasteiger partial charge on any atom is -0.465 e. The standard InChI is InChI=1S/C24H19NO2/c1-3-10-18(11-4-1)24(19-12-5-2-6-13-19)20-14-7-8-15-21(20)25-23(27-24)22-16-9-17-26-22/h1-17,23,25H/t23-/m1/s1. The van der Waals surface area contributed by atoms with Gasteiger partial charge in [-0.2, -0.15) is 0 Å². The lowest BCUT2D eigenvalue weighted by molar-refractivity contribution is -0.0520. The van der Waals surface area contributed by atoms with Crippen LogP contribution in [0.2, 0.25) is 0 Å². The zero-order valence-corrected chi connectivity index (χ0v) is 14.7. The quantitative estimate of drug-likeness (QED) is 0.512. The molecule has 5 rings (SSSR count). The van der Waals surface area contributed by atoms with Crippen molar-refractivity contribution in [3.8, 4) is 0 Å². The predicted molar refractivity (Wildman–Crippen MR) is 105 cm³/mol. The Bertz CT molecular complexity index is 987. The summed E-state index contributed by atoms with van der Waals surface area (Å²) in [4.78, 5) is 0. The van der Waals surface area contributed by atoms with Crippen LogP contribution in [0.1, 0.15) is 28.7 Å². The Morgan fingerprint density at radius 3 is 1.93 bits per heavy atom. The third kappa shape index (κ3) is 2.56. The zero-order chi connectivity index (χ0) is 18.1. The van der Waals surface area contributed by atoms with Crippen molar-refractivity contribution in [3.05, 3.63) is 126 Å². The Hall–Kier alpha value is -3.30. The van der Waals surface area contributed by atoms with Gasteiger partial charge in [0.1, 0.15) is 5.60 Å². The summed E-state index contributed by atoms with van der Waals surface area (Å²) in [5.74, 6) is 0.751. The van der Waals surface area contributed by atoms with Gasteiger partial charge in [0.15, 0.2) is 12.0 Å². The first-order valence-electron chi connectivity index (χ1n) is 9.06. The molecular weight excluding hydrogens is 334 g/mol. The average Bonchev–Trinajstić information content (AvgIpc) is 3.29. The molecule has 1 atom stereocenters. The molecule has 0 unspecified atom stereocenters. The molecule has 3 heteroatoms. The van der Waals surface area contributed by atoms with Gasteiger partial charge in [-0.25, -0.2) is 0 Å².